The third kappa shape index (κ3) is 7.93. The quantitative estimate of drug-likeness (QED) is 0.663. The molecule has 2 N–H and O–H groups in total. The SMILES string of the molecule is Cc1cc(C)cc(C(C(=O)NCc2ccccc2)N(C)C(=O)C(C)NC(=O)OC(C)(C)C)c1. The van der Waals surface area contributed by atoms with Gasteiger partial charge < -0.3 is 20.3 Å². The highest BCUT2D eigenvalue weighted by atomic mass is 16.6. The number of carbonyl (C=O) groups excluding carboxylic acids is 3. The van der Waals surface area contributed by atoms with E-state index in [4.69, 9.17) is 4.74 Å². The van der Waals surface area contributed by atoms with Crippen LogP contribution in [-0.4, -0.2) is 41.5 Å². The molecule has 0 aliphatic carbocycles. The lowest BCUT2D eigenvalue weighted by Gasteiger charge is -2.31. The topological polar surface area (TPSA) is 87.7 Å². The van der Waals surface area contributed by atoms with Crippen LogP contribution in [0.1, 0.15) is 56.0 Å². The van der Waals surface area contributed by atoms with Crippen molar-refractivity contribution >= 4 is 17.9 Å². The molecule has 0 spiro atoms. The summed E-state index contributed by atoms with van der Waals surface area (Å²) in [5.74, 6) is -0.705. The van der Waals surface area contributed by atoms with Crippen LogP contribution in [0.3, 0.4) is 0 Å². The van der Waals surface area contributed by atoms with Gasteiger partial charge in [-0.05, 0) is 52.7 Å². The van der Waals surface area contributed by atoms with Crippen molar-refractivity contribution in [3.8, 4) is 0 Å². The lowest BCUT2D eigenvalue weighted by molar-refractivity contribution is -0.140. The van der Waals surface area contributed by atoms with E-state index < -0.39 is 29.7 Å². The van der Waals surface area contributed by atoms with Gasteiger partial charge >= 0.3 is 6.09 Å². The van der Waals surface area contributed by atoms with E-state index >= 15 is 0 Å². The van der Waals surface area contributed by atoms with Crippen LogP contribution < -0.4 is 10.6 Å². The Balaban J connectivity index is 2.25. The monoisotopic (exact) mass is 453 g/mol. The maximum absolute atomic E-state index is 13.3. The van der Waals surface area contributed by atoms with Crippen LogP contribution in [0.25, 0.3) is 0 Å². The van der Waals surface area contributed by atoms with Gasteiger partial charge in [-0.2, -0.15) is 0 Å². The molecule has 7 nitrogen and oxygen atoms in total. The predicted molar refractivity (Wildman–Crippen MR) is 129 cm³/mol. The second-order valence-corrected chi connectivity index (χ2v) is 9.34. The maximum atomic E-state index is 13.3. The first-order chi connectivity index (χ1) is 15.4. The van der Waals surface area contributed by atoms with Crippen molar-refractivity contribution in [3.63, 3.8) is 0 Å². The number of rotatable bonds is 7. The van der Waals surface area contributed by atoms with Gasteiger partial charge in [0, 0.05) is 13.6 Å². The normalized spacial score (nSPS) is 12.9. The molecule has 0 bridgehead atoms. The molecule has 0 saturated carbocycles. The van der Waals surface area contributed by atoms with E-state index in [2.05, 4.69) is 10.6 Å². The number of ether oxygens (including phenoxy) is 1. The Kier molecular flexibility index (Phi) is 8.63. The zero-order valence-electron chi connectivity index (χ0n) is 20.6. The van der Waals surface area contributed by atoms with Gasteiger partial charge in [0.05, 0.1) is 0 Å². The summed E-state index contributed by atoms with van der Waals surface area (Å²) < 4.78 is 5.25. The minimum absolute atomic E-state index is 0.302. The number of carbonyl (C=O) groups is 3. The second kappa shape index (κ2) is 11.0. The van der Waals surface area contributed by atoms with Crippen molar-refractivity contribution in [1.29, 1.82) is 0 Å². The Morgan fingerprint density at radius 3 is 2.12 bits per heavy atom. The van der Waals surface area contributed by atoms with Gasteiger partial charge in [0.2, 0.25) is 11.8 Å². The number of hydrogen-bond acceptors (Lipinski definition) is 4. The molecular weight excluding hydrogens is 418 g/mol. The first kappa shape index (κ1) is 25.9. The van der Waals surface area contributed by atoms with Crippen LogP contribution in [-0.2, 0) is 20.9 Å². The molecule has 33 heavy (non-hydrogen) atoms. The molecule has 178 valence electrons. The molecule has 2 unspecified atom stereocenters. The summed E-state index contributed by atoms with van der Waals surface area (Å²) in [4.78, 5) is 40.0. The van der Waals surface area contributed by atoms with Gasteiger partial charge in [0.15, 0.2) is 0 Å². The fourth-order valence-electron chi connectivity index (χ4n) is 3.58. The number of amides is 3. The summed E-state index contributed by atoms with van der Waals surface area (Å²) in [6, 6.07) is 13.6. The Morgan fingerprint density at radius 2 is 1.58 bits per heavy atom. The van der Waals surface area contributed by atoms with Crippen molar-refractivity contribution in [2.24, 2.45) is 0 Å². The van der Waals surface area contributed by atoms with E-state index in [1.54, 1.807) is 34.7 Å². The second-order valence-electron chi connectivity index (χ2n) is 9.34. The van der Waals surface area contributed by atoms with Crippen molar-refractivity contribution in [1.82, 2.24) is 15.5 Å². The number of aryl methyl sites for hydroxylation is 2. The van der Waals surface area contributed by atoms with Gasteiger partial charge in [-0.3, -0.25) is 9.59 Å². The van der Waals surface area contributed by atoms with Crippen LogP contribution >= 0.6 is 0 Å². The highest BCUT2D eigenvalue weighted by molar-refractivity contribution is 5.91. The van der Waals surface area contributed by atoms with Crippen molar-refractivity contribution in [2.75, 3.05) is 7.05 Å². The average molecular weight is 454 g/mol. The highest BCUT2D eigenvalue weighted by Crippen LogP contribution is 2.24. The third-order valence-corrected chi connectivity index (χ3v) is 4.96. The predicted octanol–water partition coefficient (Wildman–Crippen LogP) is 4.03. The molecule has 2 atom stereocenters. The molecule has 0 fully saturated rings. The van der Waals surface area contributed by atoms with Crippen molar-refractivity contribution < 1.29 is 19.1 Å². The van der Waals surface area contributed by atoms with Crippen molar-refractivity contribution in [2.45, 2.75) is 65.8 Å². The van der Waals surface area contributed by atoms with Crippen LogP contribution in [0.2, 0.25) is 0 Å². The van der Waals surface area contributed by atoms with Crippen LogP contribution in [0.15, 0.2) is 48.5 Å². The first-order valence-corrected chi connectivity index (χ1v) is 11.0. The molecule has 0 aliphatic heterocycles. The summed E-state index contributed by atoms with van der Waals surface area (Å²) in [6.07, 6.45) is -0.687. The number of hydrogen-bond donors (Lipinski definition) is 2. The standard InChI is InChI=1S/C26H35N3O4/c1-17-13-18(2)15-21(14-17)22(23(30)27-16-20-11-9-8-10-12-20)29(7)24(31)19(3)28-25(32)33-26(4,5)6/h8-15,19,22H,16H2,1-7H3,(H,27,30)(H,28,32). The fourth-order valence-corrected chi connectivity index (χ4v) is 3.58. The summed E-state index contributed by atoms with van der Waals surface area (Å²) in [5, 5.41) is 5.50. The Labute approximate surface area is 196 Å². The zero-order valence-corrected chi connectivity index (χ0v) is 20.6. The first-order valence-electron chi connectivity index (χ1n) is 11.0. The minimum Gasteiger partial charge on any atom is -0.444 e. The molecule has 0 heterocycles. The summed E-state index contributed by atoms with van der Waals surface area (Å²) in [6.45, 7) is 11.1. The molecule has 0 saturated heterocycles. The van der Waals surface area contributed by atoms with Gasteiger partial charge in [0.25, 0.3) is 0 Å². The molecule has 2 aromatic carbocycles. The van der Waals surface area contributed by atoms with Gasteiger partial charge in [-0.15, -0.1) is 0 Å². The van der Waals surface area contributed by atoms with Crippen LogP contribution in [0, 0.1) is 13.8 Å². The smallest absolute Gasteiger partial charge is 0.408 e. The number of benzene rings is 2. The largest absolute Gasteiger partial charge is 0.444 e. The number of alkyl carbamates (subject to hydrolysis) is 1. The maximum Gasteiger partial charge on any atom is 0.408 e. The Morgan fingerprint density at radius 1 is 1.00 bits per heavy atom. The number of nitrogens with one attached hydrogen (secondary N) is 2. The van der Waals surface area contributed by atoms with E-state index in [1.165, 1.54) is 4.90 Å². The van der Waals surface area contributed by atoms with E-state index in [-0.39, 0.29) is 5.91 Å². The molecule has 0 aliphatic rings. The molecule has 0 aromatic heterocycles. The highest BCUT2D eigenvalue weighted by Gasteiger charge is 2.32. The molecule has 2 rings (SSSR count). The van der Waals surface area contributed by atoms with Crippen molar-refractivity contribution in [3.05, 3.63) is 70.8 Å². The van der Waals surface area contributed by atoms with Crippen LogP contribution in [0.5, 0.6) is 0 Å². The number of nitrogens with zero attached hydrogens (tertiary/aromatic N) is 1. The van der Waals surface area contributed by atoms with Gasteiger partial charge in [-0.1, -0.05) is 59.7 Å². The van der Waals surface area contributed by atoms with E-state index in [0.29, 0.717) is 12.1 Å². The van der Waals surface area contributed by atoms with E-state index in [1.807, 2.05) is 62.4 Å². The summed E-state index contributed by atoms with van der Waals surface area (Å²) >= 11 is 0. The lowest BCUT2D eigenvalue weighted by atomic mass is 9.99. The molecule has 0 radical (unpaired) electrons. The number of likely N-dealkylation sites (N-methyl/N-ethyl adjacent to an activating group) is 1. The molecule has 7 heteroatoms. The molecular formula is C26H35N3O4. The van der Waals surface area contributed by atoms with Gasteiger partial charge in [-0.25, -0.2) is 4.79 Å². The molecule has 2 aromatic rings. The Hall–Kier alpha value is -3.35. The fraction of sp³-hybridized carbons (Fsp3) is 0.423. The summed E-state index contributed by atoms with van der Waals surface area (Å²) in [5.41, 5.74) is 2.97. The van der Waals surface area contributed by atoms with Crippen LogP contribution in [0.4, 0.5) is 4.79 Å². The third-order valence-electron chi connectivity index (χ3n) is 4.96. The van der Waals surface area contributed by atoms with E-state index in [9.17, 15) is 14.4 Å². The Bertz CT molecular complexity index is 963. The average Bonchev–Trinajstić information content (AvgIpc) is 2.70. The van der Waals surface area contributed by atoms with Gasteiger partial charge in [0.1, 0.15) is 17.7 Å². The zero-order chi connectivity index (χ0) is 24.8. The summed E-state index contributed by atoms with van der Waals surface area (Å²) in [7, 11) is 1.57. The lowest BCUT2D eigenvalue weighted by Crippen LogP contribution is -2.50. The van der Waals surface area contributed by atoms with E-state index in [0.717, 1.165) is 16.7 Å². The molecule has 3 amide bonds. The minimum atomic E-state index is -0.875.